The summed E-state index contributed by atoms with van der Waals surface area (Å²) in [7, 11) is 0. The van der Waals surface area contributed by atoms with Crippen LogP contribution in [0, 0.1) is 5.92 Å². The minimum atomic E-state index is -0.111. The summed E-state index contributed by atoms with van der Waals surface area (Å²) in [5.74, 6) is -0.0437. The minimum Gasteiger partial charge on any atom is -0.294 e. The lowest BCUT2D eigenvalue weighted by Crippen LogP contribution is -2.10. The molecule has 0 fully saturated rings. The first-order chi connectivity index (χ1) is 14.0. The molecule has 0 amide bonds. The lowest BCUT2D eigenvalue weighted by molar-refractivity contribution is -0.118. The Kier molecular flexibility index (Phi) is 4.02. The number of carbonyl (C=O) groups is 1. The molecule has 5 heteroatoms. The second-order valence-corrected chi connectivity index (χ2v) is 7.46. The van der Waals surface area contributed by atoms with Gasteiger partial charge in [-0.05, 0) is 66.8 Å². The van der Waals surface area contributed by atoms with E-state index in [1.54, 1.807) is 0 Å². The van der Waals surface area contributed by atoms with Crippen LogP contribution in [0.15, 0.2) is 115 Å². The third kappa shape index (κ3) is 3.43. The van der Waals surface area contributed by atoms with Crippen molar-refractivity contribution in [3.63, 3.8) is 0 Å². The highest BCUT2D eigenvalue weighted by atomic mass is 16.1. The Balaban J connectivity index is 1.65. The summed E-state index contributed by atoms with van der Waals surface area (Å²) in [6, 6.07) is 0. The van der Waals surface area contributed by atoms with E-state index in [0.717, 1.165) is 34.2 Å². The number of hydrogen-bond donors (Lipinski definition) is 0. The molecule has 5 heterocycles. The maximum atomic E-state index is 12.7. The summed E-state index contributed by atoms with van der Waals surface area (Å²) in [5, 5.41) is 0. The monoisotopic (exact) mass is 378 g/mol. The van der Waals surface area contributed by atoms with Crippen LogP contribution in [-0.2, 0) is 4.79 Å². The number of carbonyl (C=O) groups excluding carboxylic acids is 1. The van der Waals surface area contributed by atoms with E-state index in [4.69, 9.17) is 0 Å². The van der Waals surface area contributed by atoms with Crippen molar-refractivity contribution in [1.29, 1.82) is 0 Å². The van der Waals surface area contributed by atoms with Crippen LogP contribution in [0.3, 0.4) is 0 Å². The fraction of sp³-hybridized carbons (Fsp3) is 0.125. The summed E-state index contributed by atoms with van der Waals surface area (Å²) in [4.78, 5) is 31.3. The van der Waals surface area contributed by atoms with Crippen molar-refractivity contribution in [3.05, 3.63) is 95.2 Å². The minimum absolute atomic E-state index is 0.0670. The molecule has 5 rings (SSSR count). The van der Waals surface area contributed by atoms with Gasteiger partial charge in [0.1, 0.15) is 0 Å². The van der Waals surface area contributed by atoms with Crippen LogP contribution in [-0.4, -0.2) is 28.6 Å². The Hall–Kier alpha value is -3.73. The van der Waals surface area contributed by atoms with Crippen LogP contribution in [0.25, 0.3) is 0 Å². The number of ketones is 1. The summed E-state index contributed by atoms with van der Waals surface area (Å²) in [5.41, 5.74) is 6.86. The van der Waals surface area contributed by atoms with Gasteiger partial charge < -0.3 is 0 Å². The van der Waals surface area contributed by atoms with Crippen LogP contribution < -0.4 is 0 Å². The van der Waals surface area contributed by atoms with E-state index in [1.807, 2.05) is 80.7 Å². The first kappa shape index (κ1) is 17.4. The summed E-state index contributed by atoms with van der Waals surface area (Å²) in [6.07, 6.45) is 21.1. The van der Waals surface area contributed by atoms with E-state index >= 15 is 0 Å². The highest BCUT2D eigenvalue weighted by molar-refractivity contribution is 6.19. The molecular weight excluding hydrogens is 360 g/mol. The van der Waals surface area contributed by atoms with Gasteiger partial charge in [-0.2, -0.15) is 0 Å². The van der Waals surface area contributed by atoms with Gasteiger partial charge in [0.2, 0.25) is 0 Å². The van der Waals surface area contributed by atoms with Gasteiger partial charge in [-0.1, -0.05) is 13.8 Å². The maximum Gasteiger partial charge on any atom is 0.167 e. The molecule has 5 aliphatic heterocycles. The van der Waals surface area contributed by atoms with Gasteiger partial charge in [-0.15, -0.1) is 0 Å². The SMILES string of the molecule is CC(C)C(=O)C1=CC2=NC1=CC1=NC(=CC3=NC(=CC4=NC(=C2)C=C4)C=C3)C=C1. The summed E-state index contributed by atoms with van der Waals surface area (Å²) in [6.45, 7) is 3.79. The Morgan fingerprint density at radius 1 is 0.621 bits per heavy atom. The first-order valence-corrected chi connectivity index (χ1v) is 9.56. The molecule has 29 heavy (non-hydrogen) atoms. The van der Waals surface area contributed by atoms with E-state index in [1.165, 1.54) is 0 Å². The molecule has 0 atom stereocenters. The second-order valence-electron chi connectivity index (χ2n) is 7.46. The topological polar surface area (TPSA) is 66.5 Å². The molecular formula is C24H18N4O. The number of rotatable bonds is 2. The molecule has 140 valence electrons. The molecule has 0 unspecified atom stereocenters. The summed E-state index contributed by atoms with van der Waals surface area (Å²) >= 11 is 0. The van der Waals surface area contributed by atoms with Crippen molar-refractivity contribution in [2.24, 2.45) is 25.9 Å². The van der Waals surface area contributed by atoms with Gasteiger partial charge in [-0.3, -0.25) is 4.79 Å². The molecule has 8 bridgehead atoms. The maximum absolute atomic E-state index is 12.7. The average molecular weight is 378 g/mol. The molecule has 0 aromatic rings. The zero-order chi connectivity index (χ0) is 20.0. The van der Waals surface area contributed by atoms with Crippen LogP contribution in [0.5, 0.6) is 0 Å². The number of aliphatic imine (C=N–C) groups is 4. The Labute approximate surface area is 168 Å². The molecule has 0 saturated carbocycles. The Bertz CT molecular complexity index is 1220. The standard InChI is InChI=1S/C24H18N4O/c1-14(2)24(29)22-12-21-11-19-6-5-17(26-19)9-15-3-4-16(25-15)10-18-7-8-20(27-18)13-23(22)28-21/h3-14H,1-2H3. The predicted octanol–water partition coefficient (Wildman–Crippen LogP) is 4.17. The van der Waals surface area contributed by atoms with Crippen molar-refractivity contribution in [3.8, 4) is 0 Å². The van der Waals surface area contributed by atoms with Crippen molar-refractivity contribution in [2.45, 2.75) is 13.8 Å². The van der Waals surface area contributed by atoms with Crippen LogP contribution in [0.4, 0.5) is 0 Å². The van der Waals surface area contributed by atoms with Crippen LogP contribution in [0.1, 0.15) is 13.8 Å². The third-order valence-electron chi connectivity index (χ3n) is 4.83. The largest absolute Gasteiger partial charge is 0.294 e. The fourth-order valence-corrected chi connectivity index (χ4v) is 3.41. The molecule has 5 aliphatic rings. The molecule has 0 spiro atoms. The fourth-order valence-electron chi connectivity index (χ4n) is 3.41. The molecule has 0 aliphatic carbocycles. The smallest absolute Gasteiger partial charge is 0.167 e. The second kappa shape index (κ2) is 6.71. The van der Waals surface area contributed by atoms with E-state index in [2.05, 4.69) is 20.0 Å². The number of nitrogens with zero attached hydrogens (tertiary/aromatic N) is 4. The van der Waals surface area contributed by atoms with E-state index < -0.39 is 0 Å². The van der Waals surface area contributed by atoms with E-state index in [-0.39, 0.29) is 11.7 Å². The van der Waals surface area contributed by atoms with Crippen LogP contribution in [0.2, 0.25) is 0 Å². The van der Waals surface area contributed by atoms with Crippen LogP contribution >= 0.6 is 0 Å². The molecule has 0 N–H and O–H groups in total. The van der Waals surface area contributed by atoms with E-state index in [0.29, 0.717) is 17.0 Å². The van der Waals surface area contributed by atoms with Gasteiger partial charge in [0.15, 0.2) is 5.78 Å². The molecule has 0 aromatic heterocycles. The van der Waals surface area contributed by atoms with Crippen molar-refractivity contribution >= 4 is 28.6 Å². The first-order valence-electron chi connectivity index (χ1n) is 9.56. The Morgan fingerprint density at radius 2 is 1.10 bits per heavy atom. The number of hydrogen-bond acceptors (Lipinski definition) is 5. The highest BCUT2D eigenvalue weighted by Crippen LogP contribution is 2.26. The lowest BCUT2D eigenvalue weighted by Gasteiger charge is -2.05. The number of Topliss-reactive ketones (excluding diaryl/α,β-unsaturated/α-hetero) is 1. The number of allylic oxidation sites excluding steroid dienone is 12. The molecule has 5 nitrogen and oxygen atoms in total. The van der Waals surface area contributed by atoms with Crippen molar-refractivity contribution in [1.82, 2.24) is 0 Å². The van der Waals surface area contributed by atoms with E-state index in [9.17, 15) is 4.79 Å². The third-order valence-corrected chi connectivity index (χ3v) is 4.83. The van der Waals surface area contributed by atoms with Gasteiger partial charge in [0.05, 0.1) is 45.6 Å². The van der Waals surface area contributed by atoms with Gasteiger partial charge in [0.25, 0.3) is 0 Å². The average Bonchev–Trinajstić information content (AvgIpc) is 3.45. The van der Waals surface area contributed by atoms with Crippen molar-refractivity contribution in [2.75, 3.05) is 0 Å². The van der Waals surface area contributed by atoms with Gasteiger partial charge in [-0.25, -0.2) is 20.0 Å². The van der Waals surface area contributed by atoms with Gasteiger partial charge >= 0.3 is 0 Å². The molecule has 0 saturated heterocycles. The van der Waals surface area contributed by atoms with Gasteiger partial charge in [0, 0.05) is 11.5 Å². The number of fused-ring (bicyclic) bond motifs is 4. The zero-order valence-electron chi connectivity index (χ0n) is 16.1. The molecule has 0 aromatic carbocycles. The zero-order valence-corrected chi connectivity index (χ0v) is 16.1. The lowest BCUT2D eigenvalue weighted by atomic mass is 9.98. The Morgan fingerprint density at radius 3 is 1.62 bits per heavy atom. The normalized spacial score (nSPS) is 21.3. The quantitative estimate of drug-likeness (QED) is 0.711. The summed E-state index contributed by atoms with van der Waals surface area (Å²) < 4.78 is 0. The van der Waals surface area contributed by atoms with Crippen molar-refractivity contribution < 1.29 is 4.79 Å². The highest BCUT2D eigenvalue weighted by Gasteiger charge is 2.23. The molecule has 0 radical (unpaired) electrons. The predicted molar refractivity (Wildman–Crippen MR) is 117 cm³/mol.